The lowest BCUT2D eigenvalue weighted by Gasteiger charge is -2.05. The third kappa shape index (κ3) is 5.42. The van der Waals surface area contributed by atoms with Crippen LogP contribution < -0.4 is 14.9 Å². The Morgan fingerprint density at radius 2 is 1.82 bits per heavy atom. The number of fused-ring (bicyclic) bond motifs is 1. The molecule has 0 aliphatic heterocycles. The van der Waals surface area contributed by atoms with Crippen LogP contribution in [0.15, 0.2) is 76.3 Å². The maximum Gasteiger partial charge on any atom is 0.343 e. The van der Waals surface area contributed by atoms with Crippen molar-refractivity contribution in [2.45, 2.75) is 0 Å². The molecule has 9 heteroatoms. The van der Waals surface area contributed by atoms with Crippen LogP contribution in [0.2, 0.25) is 5.02 Å². The molecule has 33 heavy (non-hydrogen) atoms. The molecule has 1 heterocycles. The monoisotopic (exact) mass is 542 g/mol. The number of benzene rings is 3. The number of hydrogen-bond donors (Lipinski definition) is 1. The molecule has 0 atom stereocenters. The first-order chi connectivity index (χ1) is 15.9. The lowest BCUT2D eigenvalue weighted by atomic mass is 10.2. The fraction of sp³-hybridized carbons (Fsp3) is 0.0417. The molecule has 0 aliphatic rings. The van der Waals surface area contributed by atoms with Gasteiger partial charge in [0.15, 0.2) is 0 Å². The molecule has 0 aliphatic carbocycles. The fourth-order valence-corrected chi connectivity index (χ4v) is 4.77. The topological polar surface area (TPSA) is 77.0 Å². The van der Waals surface area contributed by atoms with Crippen molar-refractivity contribution in [1.29, 1.82) is 0 Å². The fourth-order valence-electron chi connectivity index (χ4n) is 2.94. The van der Waals surface area contributed by atoms with Gasteiger partial charge in [-0.05, 0) is 66.2 Å². The number of carbonyl (C=O) groups is 2. The Morgan fingerprint density at radius 1 is 1.06 bits per heavy atom. The zero-order valence-corrected chi connectivity index (χ0v) is 20.3. The van der Waals surface area contributed by atoms with Crippen molar-refractivity contribution in [3.8, 4) is 11.5 Å². The van der Waals surface area contributed by atoms with Crippen molar-refractivity contribution in [2.24, 2.45) is 5.10 Å². The molecule has 4 rings (SSSR count). The average Bonchev–Trinajstić information content (AvgIpc) is 3.15. The number of nitrogens with one attached hydrogen (secondary N) is 1. The number of amides is 1. The standard InChI is InChI=1S/C24H16BrClN2O4S/c1-31-18-9-10-19-20(12-18)33-22(21(19)26)23(29)28-27-13-14-5-7-17(8-6-14)32-24(30)15-3-2-4-16(25)11-15/h2-13H,1H3,(H,28,29)/b27-13-. The third-order valence-electron chi connectivity index (χ3n) is 4.57. The minimum absolute atomic E-state index is 0.367. The molecule has 6 nitrogen and oxygen atoms in total. The Labute approximate surface area is 206 Å². The molecule has 3 aromatic carbocycles. The molecule has 0 unspecified atom stereocenters. The second kappa shape index (κ2) is 10.2. The first-order valence-electron chi connectivity index (χ1n) is 9.62. The van der Waals surface area contributed by atoms with Gasteiger partial charge in [0.25, 0.3) is 5.91 Å². The van der Waals surface area contributed by atoms with E-state index in [9.17, 15) is 9.59 Å². The summed E-state index contributed by atoms with van der Waals surface area (Å²) in [6.07, 6.45) is 1.49. The summed E-state index contributed by atoms with van der Waals surface area (Å²) in [7, 11) is 1.58. The molecule has 0 fully saturated rings. The predicted molar refractivity (Wildman–Crippen MR) is 134 cm³/mol. The molecular formula is C24H16BrClN2O4S. The van der Waals surface area contributed by atoms with Gasteiger partial charge in [-0.1, -0.05) is 33.6 Å². The molecule has 0 spiro atoms. The molecule has 166 valence electrons. The van der Waals surface area contributed by atoms with Crippen molar-refractivity contribution in [1.82, 2.24) is 5.43 Å². The molecule has 1 amide bonds. The van der Waals surface area contributed by atoms with Gasteiger partial charge in [0, 0.05) is 14.6 Å². The van der Waals surface area contributed by atoms with Gasteiger partial charge in [0.2, 0.25) is 0 Å². The minimum atomic E-state index is -0.456. The lowest BCUT2D eigenvalue weighted by Crippen LogP contribution is -2.16. The van der Waals surface area contributed by atoms with Crippen LogP contribution in [-0.2, 0) is 0 Å². The van der Waals surface area contributed by atoms with Crippen molar-refractivity contribution in [2.75, 3.05) is 7.11 Å². The number of carbonyl (C=O) groups excluding carboxylic acids is 2. The number of esters is 1. The molecular weight excluding hydrogens is 528 g/mol. The predicted octanol–water partition coefficient (Wildman–Crippen LogP) is 6.31. The van der Waals surface area contributed by atoms with E-state index in [0.29, 0.717) is 32.5 Å². The van der Waals surface area contributed by atoms with Crippen LogP contribution in [0.4, 0.5) is 0 Å². The van der Waals surface area contributed by atoms with Gasteiger partial charge in [0.05, 0.1) is 23.9 Å². The van der Waals surface area contributed by atoms with Gasteiger partial charge < -0.3 is 9.47 Å². The van der Waals surface area contributed by atoms with E-state index in [2.05, 4.69) is 26.5 Å². The number of halogens is 2. The van der Waals surface area contributed by atoms with Gasteiger partial charge in [-0.2, -0.15) is 5.10 Å². The second-order valence-corrected chi connectivity index (χ2v) is 9.12. The minimum Gasteiger partial charge on any atom is -0.497 e. The van der Waals surface area contributed by atoms with Gasteiger partial charge in [0.1, 0.15) is 16.4 Å². The van der Waals surface area contributed by atoms with Gasteiger partial charge in [-0.15, -0.1) is 11.3 Å². The van der Waals surface area contributed by atoms with Crippen LogP contribution in [-0.4, -0.2) is 25.2 Å². The van der Waals surface area contributed by atoms with Crippen molar-refractivity contribution < 1.29 is 19.1 Å². The number of rotatable bonds is 6. The van der Waals surface area contributed by atoms with E-state index in [1.54, 1.807) is 55.6 Å². The van der Waals surface area contributed by atoms with Crippen LogP contribution in [0.5, 0.6) is 11.5 Å². The Morgan fingerprint density at radius 3 is 2.55 bits per heavy atom. The number of ether oxygens (including phenoxy) is 2. The summed E-state index contributed by atoms with van der Waals surface area (Å²) in [5.74, 6) is 0.226. The molecule has 0 radical (unpaired) electrons. The number of hydrazone groups is 1. The quantitative estimate of drug-likeness (QED) is 0.134. The highest BCUT2D eigenvalue weighted by atomic mass is 79.9. The molecule has 1 aromatic heterocycles. The highest BCUT2D eigenvalue weighted by Crippen LogP contribution is 2.37. The number of hydrogen-bond acceptors (Lipinski definition) is 6. The summed E-state index contributed by atoms with van der Waals surface area (Å²) in [5.41, 5.74) is 3.64. The largest absolute Gasteiger partial charge is 0.497 e. The van der Waals surface area contributed by atoms with Gasteiger partial charge in [-0.3, -0.25) is 4.79 Å². The van der Waals surface area contributed by atoms with Crippen molar-refractivity contribution in [3.63, 3.8) is 0 Å². The van der Waals surface area contributed by atoms with Crippen LogP contribution in [0.1, 0.15) is 25.6 Å². The third-order valence-corrected chi connectivity index (χ3v) is 6.72. The molecule has 4 aromatic rings. The summed E-state index contributed by atoms with van der Waals surface area (Å²) in [6.45, 7) is 0. The Kier molecular flexibility index (Phi) is 7.08. The summed E-state index contributed by atoms with van der Waals surface area (Å²) >= 11 is 11.0. The Hall–Kier alpha value is -3.20. The second-order valence-electron chi connectivity index (χ2n) is 6.78. The van der Waals surface area contributed by atoms with Crippen molar-refractivity contribution in [3.05, 3.63) is 92.2 Å². The van der Waals surface area contributed by atoms with E-state index in [1.165, 1.54) is 17.6 Å². The van der Waals surface area contributed by atoms with E-state index >= 15 is 0 Å². The number of methoxy groups -OCH3 is 1. The maximum atomic E-state index is 12.5. The summed E-state index contributed by atoms with van der Waals surface area (Å²) in [5, 5.41) is 5.16. The summed E-state index contributed by atoms with van der Waals surface area (Å²) < 4.78 is 12.2. The Balaban J connectivity index is 1.38. The van der Waals surface area contributed by atoms with Gasteiger partial charge >= 0.3 is 5.97 Å². The van der Waals surface area contributed by atoms with E-state index in [-0.39, 0.29) is 0 Å². The summed E-state index contributed by atoms with van der Waals surface area (Å²) in [6, 6.07) is 19.1. The average molecular weight is 544 g/mol. The molecule has 1 N–H and O–H groups in total. The Bertz CT molecular complexity index is 1370. The molecule has 0 saturated carbocycles. The SMILES string of the molecule is COc1ccc2c(Cl)c(C(=O)N/N=C\c3ccc(OC(=O)c4cccc(Br)c4)cc3)sc2c1. The first kappa shape index (κ1) is 23.0. The van der Waals surface area contributed by atoms with Crippen LogP contribution >= 0.6 is 38.9 Å². The van der Waals surface area contributed by atoms with Crippen LogP contribution in [0, 0.1) is 0 Å². The normalized spacial score (nSPS) is 11.0. The summed E-state index contributed by atoms with van der Waals surface area (Å²) in [4.78, 5) is 25.1. The van der Waals surface area contributed by atoms with E-state index in [0.717, 1.165) is 14.6 Å². The smallest absolute Gasteiger partial charge is 0.343 e. The highest BCUT2D eigenvalue weighted by Gasteiger charge is 2.17. The van der Waals surface area contributed by atoms with Gasteiger partial charge in [-0.25, -0.2) is 10.2 Å². The number of nitrogens with zero attached hydrogens (tertiary/aromatic N) is 1. The molecule has 0 saturated heterocycles. The number of thiophene rings is 1. The van der Waals surface area contributed by atoms with E-state index in [1.807, 2.05) is 18.2 Å². The van der Waals surface area contributed by atoms with Crippen LogP contribution in [0.25, 0.3) is 10.1 Å². The maximum absolute atomic E-state index is 12.5. The molecule has 0 bridgehead atoms. The highest BCUT2D eigenvalue weighted by molar-refractivity contribution is 9.10. The van der Waals surface area contributed by atoms with E-state index in [4.69, 9.17) is 21.1 Å². The van der Waals surface area contributed by atoms with Crippen molar-refractivity contribution >= 4 is 67.0 Å². The zero-order chi connectivity index (χ0) is 23.4. The van der Waals surface area contributed by atoms with Crippen LogP contribution in [0.3, 0.4) is 0 Å². The lowest BCUT2D eigenvalue weighted by molar-refractivity contribution is 0.0734. The first-order valence-corrected chi connectivity index (χ1v) is 11.6. The zero-order valence-electron chi connectivity index (χ0n) is 17.2. The van der Waals surface area contributed by atoms with E-state index < -0.39 is 11.9 Å².